The van der Waals surface area contributed by atoms with Gasteiger partial charge in [0.2, 0.25) is 0 Å². The van der Waals surface area contributed by atoms with Crippen LogP contribution < -0.4 is 10.1 Å². The summed E-state index contributed by atoms with van der Waals surface area (Å²) in [7, 11) is 0. The van der Waals surface area contributed by atoms with Crippen molar-refractivity contribution in [1.29, 1.82) is 0 Å². The summed E-state index contributed by atoms with van der Waals surface area (Å²) in [6, 6.07) is 7.60. The zero-order chi connectivity index (χ0) is 17.5. The molecular formula is C19H28N2O4. The summed E-state index contributed by atoms with van der Waals surface area (Å²) in [4.78, 5) is 14.6. The molecule has 1 aromatic rings. The number of rotatable bonds is 7. The Balaban J connectivity index is 1.42. The summed E-state index contributed by atoms with van der Waals surface area (Å²) in [5.41, 5.74) is 0.652. The number of amides is 1. The molecule has 2 saturated heterocycles. The Hall–Kier alpha value is -1.63. The van der Waals surface area contributed by atoms with E-state index in [1.807, 2.05) is 12.1 Å². The monoisotopic (exact) mass is 348 g/mol. The molecule has 138 valence electrons. The van der Waals surface area contributed by atoms with Crippen molar-refractivity contribution in [3.8, 4) is 5.75 Å². The normalized spacial score (nSPS) is 22.5. The first-order chi connectivity index (χ1) is 12.2. The lowest BCUT2D eigenvalue weighted by atomic mass is 10.2. The van der Waals surface area contributed by atoms with E-state index in [1.54, 1.807) is 12.1 Å². The molecule has 2 unspecified atom stereocenters. The fraction of sp³-hybridized carbons (Fsp3) is 0.632. The van der Waals surface area contributed by atoms with Crippen LogP contribution in [0.5, 0.6) is 5.75 Å². The number of morpholine rings is 1. The Kier molecular flexibility index (Phi) is 6.67. The third-order valence-electron chi connectivity index (χ3n) is 4.80. The molecule has 2 fully saturated rings. The zero-order valence-electron chi connectivity index (χ0n) is 14.9. The minimum atomic E-state index is -0.0502. The van der Waals surface area contributed by atoms with Gasteiger partial charge in [-0.15, -0.1) is 0 Å². The second-order valence-electron chi connectivity index (χ2n) is 6.68. The summed E-state index contributed by atoms with van der Waals surface area (Å²) in [5, 5.41) is 3.01. The number of nitrogens with zero attached hydrogens (tertiary/aromatic N) is 1. The molecule has 0 spiro atoms. The minimum Gasteiger partial charge on any atom is -0.491 e. The number of benzene rings is 1. The second-order valence-corrected chi connectivity index (χ2v) is 6.68. The number of carbonyl (C=O) groups excluding carboxylic acids is 1. The van der Waals surface area contributed by atoms with Crippen LogP contribution in [0.3, 0.4) is 0 Å². The molecule has 3 rings (SSSR count). The van der Waals surface area contributed by atoms with E-state index in [2.05, 4.69) is 17.1 Å². The molecule has 2 atom stereocenters. The van der Waals surface area contributed by atoms with Gasteiger partial charge in [0.15, 0.2) is 0 Å². The smallest absolute Gasteiger partial charge is 0.251 e. The number of hydrogen-bond acceptors (Lipinski definition) is 5. The van der Waals surface area contributed by atoms with Crippen LogP contribution in [0.25, 0.3) is 0 Å². The standard InChI is InChI=1S/C19H28N2O4/c1-15(21-8-11-23-12-9-21)13-20-19(22)16-4-6-17(7-5-16)25-14-18-3-2-10-24-18/h4-7,15,18H,2-3,8-14H2,1H3,(H,20,22). The van der Waals surface area contributed by atoms with Gasteiger partial charge in [-0.2, -0.15) is 0 Å². The summed E-state index contributed by atoms with van der Waals surface area (Å²) in [5.74, 6) is 0.722. The molecule has 1 amide bonds. The number of nitrogens with one attached hydrogen (secondary N) is 1. The van der Waals surface area contributed by atoms with Gasteiger partial charge in [-0.25, -0.2) is 0 Å². The molecule has 2 aliphatic heterocycles. The predicted molar refractivity (Wildman–Crippen MR) is 95.1 cm³/mol. The van der Waals surface area contributed by atoms with E-state index in [0.717, 1.165) is 51.5 Å². The number of carbonyl (C=O) groups is 1. The van der Waals surface area contributed by atoms with E-state index in [-0.39, 0.29) is 12.0 Å². The van der Waals surface area contributed by atoms with Crippen molar-refractivity contribution in [2.24, 2.45) is 0 Å². The van der Waals surface area contributed by atoms with Crippen molar-refractivity contribution < 1.29 is 19.0 Å². The highest BCUT2D eigenvalue weighted by Gasteiger charge is 2.18. The fourth-order valence-electron chi connectivity index (χ4n) is 3.16. The topological polar surface area (TPSA) is 60.0 Å². The van der Waals surface area contributed by atoms with Crippen LogP contribution in [-0.4, -0.2) is 69.0 Å². The summed E-state index contributed by atoms with van der Waals surface area (Å²) >= 11 is 0. The van der Waals surface area contributed by atoms with Gasteiger partial charge >= 0.3 is 0 Å². The van der Waals surface area contributed by atoms with E-state index in [1.165, 1.54) is 0 Å². The van der Waals surface area contributed by atoms with Crippen molar-refractivity contribution in [2.45, 2.75) is 31.9 Å². The van der Waals surface area contributed by atoms with Crippen molar-refractivity contribution in [2.75, 3.05) is 46.1 Å². The Morgan fingerprint density at radius 3 is 2.72 bits per heavy atom. The lowest BCUT2D eigenvalue weighted by Gasteiger charge is -2.32. The van der Waals surface area contributed by atoms with Crippen molar-refractivity contribution in [3.63, 3.8) is 0 Å². The van der Waals surface area contributed by atoms with Gasteiger partial charge in [0.05, 0.1) is 19.3 Å². The van der Waals surface area contributed by atoms with Crippen molar-refractivity contribution >= 4 is 5.91 Å². The molecule has 0 aromatic heterocycles. The van der Waals surface area contributed by atoms with Crippen LogP contribution >= 0.6 is 0 Å². The van der Waals surface area contributed by atoms with Crippen LogP contribution in [-0.2, 0) is 9.47 Å². The number of ether oxygens (including phenoxy) is 3. The van der Waals surface area contributed by atoms with Gasteiger partial charge in [-0.3, -0.25) is 9.69 Å². The Labute approximate surface area is 149 Å². The Morgan fingerprint density at radius 2 is 2.04 bits per heavy atom. The molecule has 25 heavy (non-hydrogen) atoms. The average Bonchev–Trinajstić information content (AvgIpc) is 3.19. The third kappa shape index (κ3) is 5.42. The van der Waals surface area contributed by atoms with Gasteiger partial charge in [0, 0.05) is 37.8 Å². The molecule has 0 saturated carbocycles. The molecule has 2 heterocycles. The van der Waals surface area contributed by atoms with Gasteiger partial charge < -0.3 is 19.5 Å². The molecule has 1 aromatic carbocycles. The van der Waals surface area contributed by atoms with E-state index in [0.29, 0.717) is 24.8 Å². The van der Waals surface area contributed by atoms with Crippen LogP contribution in [0.4, 0.5) is 0 Å². The maximum absolute atomic E-state index is 12.3. The highest BCUT2D eigenvalue weighted by molar-refractivity contribution is 5.94. The molecule has 0 aliphatic carbocycles. The summed E-state index contributed by atoms with van der Waals surface area (Å²) < 4.78 is 16.6. The molecule has 0 bridgehead atoms. The van der Waals surface area contributed by atoms with Gasteiger partial charge in [-0.05, 0) is 44.0 Å². The van der Waals surface area contributed by atoms with E-state index in [4.69, 9.17) is 14.2 Å². The lowest BCUT2D eigenvalue weighted by Crippen LogP contribution is -2.47. The van der Waals surface area contributed by atoms with E-state index < -0.39 is 0 Å². The van der Waals surface area contributed by atoms with Crippen LogP contribution in [0.1, 0.15) is 30.1 Å². The SMILES string of the molecule is CC(CNC(=O)c1ccc(OCC2CCCO2)cc1)N1CCOCC1. The number of hydrogen-bond donors (Lipinski definition) is 1. The van der Waals surface area contributed by atoms with Gasteiger partial charge in [-0.1, -0.05) is 0 Å². The third-order valence-corrected chi connectivity index (χ3v) is 4.80. The summed E-state index contributed by atoms with van der Waals surface area (Å²) in [6.45, 7) is 7.56. The largest absolute Gasteiger partial charge is 0.491 e. The first kappa shape index (κ1) is 18.2. The first-order valence-corrected chi connectivity index (χ1v) is 9.17. The minimum absolute atomic E-state index is 0.0502. The fourth-order valence-corrected chi connectivity index (χ4v) is 3.16. The molecule has 6 heteroatoms. The molecule has 1 N–H and O–H groups in total. The van der Waals surface area contributed by atoms with Crippen LogP contribution in [0, 0.1) is 0 Å². The molecule has 0 radical (unpaired) electrons. The molecular weight excluding hydrogens is 320 g/mol. The van der Waals surface area contributed by atoms with Crippen molar-refractivity contribution in [3.05, 3.63) is 29.8 Å². The zero-order valence-corrected chi connectivity index (χ0v) is 14.9. The van der Waals surface area contributed by atoms with Crippen LogP contribution in [0.2, 0.25) is 0 Å². The second kappa shape index (κ2) is 9.17. The Morgan fingerprint density at radius 1 is 1.28 bits per heavy atom. The predicted octanol–water partition coefficient (Wildman–Crippen LogP) is 1.69. The van der Waals surface area contributed by atoms with E-state index >= 15 is 0 Å². The van der Waals surface area contributed by atoms with Crippen molar-refractivity contribution in [1.82, 2.24) is 10.2 Å². The quantitative estimate of drug-likeness (QED) is 0.813. The van der Waals surface area contributed by atoms with Gasteiger partial charge in [0.1, 0.15) is 12.4 Å². The highest BCUT2D eigenvalue weighted by Crippen LogP contribution is 2.16. The first-order valence-electron chi connectivity index (χ1n) is 9.17. The lowest BCUT2D eigenvalue weighted by molar-refractivity contribution is 0.0204. The van der Waals surface area contributed by atoms with Crippen LogP contribution in [0.15, 0.2) is 24.3 Å². The maximum Gasteiger partial charge on any atom is 0.251 e. The molecule has 6 nitrogen and oxygen atoms in total. The highest BCUT2D eigenvalue weighted by atomic mass is 16.5. The average molecular weight is 348 g/mol. The van der Waals surface area contributed by atoms with Gasteiger partial charge in [0.25, 0.3) is 5.91 Å². The maximum atomic E-state index is 12.3. The summed E-state index contributed by atoms with van der Waals surface area (Å²) in [6.07, 6.45) is 2.36. The van der Waals surface area contributed by atoms with E-state index in [9.17, 15) is 4.79 Å². The molecule has 2 aliphatic rings. The Bertz CT molecular complexity index is 537.